The van der Waals surface area contributed by atoms with E-state index in [0.717, 1.165) is 48.7 Å². The van der Waals surface area contributed by atoms with Gasteiger partial charge in [0.25, 0.3) is 5.56 Å². The Morgan fingerprint density at radius 2 is 2.12 bits per heavy atom. The summed E-state index contributed by atoms with van der Waals surface area (Å²) in [7, 11) is 0. The Kier molecular flexibility index (Phi) is 5.36. The van der Waals surface area contributed by atoms with Gasteiger partial charge >= 0.3 is 0 Å². The van der Waals surface area contributed by atoms with Gasteiger partial charge in [0.05, 0.1) is 11.1 Å². The average Bonchev–Trinajstić information content (AvgIpc) is 3.33. The number of nitrogens with one attached hydrogen (secondary N) is 1. The molecule has 1 amide bonds. The maximum Gasteiger partial charge on any atom is 0.263 e. The number of thioether (sulfide) groups is 1. The molecule has 0 radical (unpaired) electrons. The Morgan fingerprint density at radius 1 is 1.31 bits per heavy atom. The molecule has 2 heterocycles. The van der Waals surface area contributed by atoms with Crippen LogP contribution in [0.3, 0.4) is 0 Å². The summed E-state index contributed by atoms with van der Waals surface area (Å²) in [6, 6.07) is 0.330. The van der Waals surface area contributed by atoms with Gasteiger partial charge in [-0.1, -0.05) is 31.5 Å². The number of hydrogen-bond acceptors (Lipinski definition) is 5. The second-order valence-corrected chi connectivity index (χ2v) is 9.25. The largest absolute Gasteiger partial charge is 0.353 e. The van der Waals surface area contributed by atoms with E-state index < -0.39 is 0 Å². The van der Waals surface area contributed by atoms with Crippen molar-refractivity contribution in [2.45, 2.75) is 76.0 Å². The lowest BCUT2D eigenvalue weighted by Crippen LogP contribution is -2.34. The zero-order valence-corrected chi connectivity index (χ0v) is 16.8. The third kappa shape index (κ3) is 3.43. The summed E-state index contributed by atoms with van der Waals surface area (Å²) in [6.07, 6.45) is 8.66. The number of rotatable bonds is 6. The smallest absolute Gasteiger partial charge is 0.263 e. The summed E-state index contributed by atoms with van der Waals surface area (Å²) < 4.78 is 1.78. The monoisotopic (exact) mass is 391 g/mol. The molecule has 5 nitrogen and oxygen atoms in total. The number of carbonyl (C=O) groups is 1. The molecular formula is C19H25N3O2S2. The third-order valence-electron chi connectivity index (χ3n) is 5.29. The van der Waals surface area contributed by atoms with E-state index in [0.29, 0.717) is 23.5 Å². The molecule has 2 aliphatic rings. The van der Waals surface area contributed by atoms with Gasteiger partial charge in [-0.25, -0.2) is 4.98 Å². The molecule has 26 heavy (non-hydrogen) atoms. The third-order valence-corrected chi connectivity index (χ3v) is 7.45. The molecule has 0 unspecified atom stereocenters. The van der Waals surface area contributed by atoms with Crippen LogP contribution in [0.4, 0.5) is 0 Å². The van der Waals surface area contributed by atoms with Crippen LogP contribution < -0.4 is 10.9 Å². The number of hydrogen-bond donors (Lipinski definition) is 1. The Bertz CT molecular complexity index is 881. The molecule has 0 aliphatic heterocycles. The summed E-state index contributed by atoms with van der Waals surface area (Å²) in [5, 5.41) is 4.63. The van der Waals surface area contributed by atoms with E-state index in [1.54, 1.807) is 15.9 Å². The quantitative estimate of drug-likeness (QED) is 0.605. The van der Waals surface area contributed by atoms with Gasteiger partial charge in [-0.15, -0.1) is 11.3 Å². The van der Waals surface area contributed by atoms with Crippen molar-refractivity contribution in [3.05, 3.63) is 20.8 Å². The highest BCUT2D eigenvalue weighted by molar-refractivity contribution is 7.99. The van der Waals surface area contributed by atoms with Gasteiger partial charge in [-0.3, -0.25) is 14.2 Å². The molecule has 2 aromatic heterocycles. The first-order valence-electron chi connectivity index (χ1n) is 9.64. The van der Waals surface area contributed by atoms with Crippen LogP contribution in [-0.4, -0.2) is 27.3 Å². The molecule has 0 bridgehead atoms. The predicted molar refractivity (Wildman–Crippen MR) is 107 cm³/mol. The SMILES string of the molecule is CCCn1c(SCC(=O)NC2CCCC2)nc2sc3c(c2c1=O)CCC3. The summed E-state index contributed by atoms with van der Waals surface area (Å²) in [5.41, 5.74) is 1.30. The van der Waals surface area contributed by atoms with E-state index in [9.17, 15) is 9.59 Å². The lowest BCUT2D eigenvalue weighted by atomic mass is 10.2. The number of fused-ring (bicyclic) bond motifs is 3. The molecule has 0 spiro atoms. The van der Waals surface area contributed by atoms with Gasteiger partial charge in [0.2, 0.25) is 5.91 Å². The lowest BCUT2D eigenvalue weighted by Gasteiger charge is -2.13. The van der Waals surface area contributed by atoms with Gasteiger partial charge in [0, 0.05) is 17.5 Å². The second-order valence-electron chi connectivity index (χ2n) is 7.23. The summed E-state index contributed by atoms with van der Waals surface area (Å²) >= 11 is 3.06. The van der Waals surface area contributed by atoms with Gasteiger partial charge in [-0.05, 0) is 44.1 Å². The minimum absolute atomic E-state index is 0.0490. The van der Waals surface area contributed by atoms with Gasteiger partial charge < -0.3 is 5.32 Å². The van der Waals surface area contributed by atoms with Gasteiger partial charge in [0.15, 0.2) is 5.16 Å². The zero-order valence-electron chi connectivity index (χ0n) is 15.2. The Balaban J connectivity index is 1.58. The molecule has 140 valence electrons. The predicted octanol–water partition coefficient (Wildman–Crippen LogP) is 3.51. The standard InChI is InChI=1S/C19H25N3O2S2/c1-2-10-22-18(24)16-13-8-5-9-14(13)26-17(16)21-19(22)25-11-15(23)20-12-6-3-4-7-12/h12H,2-11H2,1H3,(H,20,23). The molecule has 0 atom stereocenters. The molecule has 2 aliphatic carbocycles. The van der Waals surface area contributed by atoms with Crippen molar-refractivity contribution in [1.29, 1.82) is 0 Å². The minimum Gasteiger partial charge on any atom is -0.353 e. The normalized spacial score (nSPS) is 17.1. The highest BCUT2D eigenvalue weighted by Crippen LogP contribution is 2.35. The van der Waals surface area contributed by atoms with E-state index in [-0.39, 0.29) is 11.5 Å². The first-order valence-corrected chi connectivity index (χ1v) is 11.4. The van der Waals surface area contributed by atoms with Crippen LogP contribution in [0.25, 0.3) is 10.2 Å². The fourth-order valence-electron chi connectivity index (χ4n) is 4.06. The maximum atomic E-state index is 13.1. The van der Waals surface area contributed by atoms with Crippen LogP contribution >= 0.6 is 23.1 Å². The summed E-state index contributed by atoms with van der Waals surface area (Å²) in [5.74, 6) is 0.372. The van der Waals surface area contributed by atoms with Crippen LogP contribution in [-0.2, 0) is 24.2 Å². The minimum atomic E-state index is 0.0490. The number of thiophene rings is 1. The van der Waals surface area contributed by atoms with Crippen LogP contribution in [0.5, 0.6) is 0 Å². The van der Waals surface area contributed by atoms with E-state index in [1.165, 1.54) is 35.0 Å². The van der Waals surface area contributed by atoms with Crippen LogP contribution in [0, 0.1) is 0 Å². The van der Waals surface area contributed by atoms with E-state index in [1.807, 2.05) is 0 Å². The van der Waals surface area contributed by atoms with Crippen molar-refractivity contribution in [3.8, 4) is 0 Å². The van der Waals surface area contributed by atoms with E-state index in [4.69, 9.17) is 4.98 Å². The molecular weight excluding hydrogens is 366 g/mol. The molecule has 2 aromatic rings. The van der Waals surface area contributed by atoms with Crippen molar-refractivity contribution < 1.29 is 4.79 Å². The topological polar surface area (TPSA) is 64.0 Å². The molecule has 4 rings (SSSR count). The van der Waals surface area contributed by atoms with Gasteiger partial charge in [-0.2, -0.15) is 0 Å². The summed E-state index contributed by atoms with van der Waals surface area (Å²) in [6.45, 7) is 2.72. The Hall–Kier alpha value is -1.34. The molecule has 0 aromatic carbocycles. The highest BCUT2D eigenvalue weighted by Gasteiger charge is 2.24. The lowest BCUT2D eigenvalue weighted by molar-refractivity contribution is -0.119. The fourth-order valence-corrected chi connectivity index (χ4v) is 6.20. The first-order chi connectivity index (χ1) is 12.7. The first kappa shape index (κ1) is 18.0. The molecule has 1 fully saturated rings. The molecule has 1 saturated carbocycles. The van der Waals surface area contributed by atoms with Crippen molar-refractivity contribution in [2.75, 3.05) is 5.75 Å². The second kappa shape index (κ2) is 7.72. The number of carbonyl (C=O) groups excluding carboxylic acids is 1. The van der Waals surface area contributed by atoms with E-state index in [2.05, 4.69) is 12.2 Å². The molecule has 7 heteroatoms. The van der Waals surface area contributed by atoms with Gasteiger partial charge in [0.1, 0.15) is 4.83 Å². The number of aryl methyl sites for hydroxylation is 2. The highest BCUT2D eigenvalue weighted by atomic mass is 32.2. The van der Waals surface area contributed by atoms with Crippen LogP contribution in [0.2, 0.25) is 0 Å². The summed E-state index contributed by atoms with van der Waals surface area (Å²) in [4.78, 5) is 32.3. The van der Waals surface area contributed by atoms with Crippen molar-refractivity contribution in [3.63, 3.8) is 0 Å². The van der Waals surface area contributed by atoms with Crippen molar-refractivity contribution in [2.24, 2.45) is 0 Å². The number of nitrogens with zero attached hydrogens (tertiary/aromatic N) is 2. The Morgan fingerprint density at radius 3 is 2.88 bits per heavy atom. The van der Waals surface area contributed by atoms with Crippen LogP contribution in [0.1, 0.15) is 55.9 Å². The molecule has 1 N–H and O–H groups in total. The number of aromatic nitrogens is 2. The van der Waals surface area contributed by atoms with Crippen molar-refractivity contribution >= 4 is 39.2 Å². The molecule has 0 saturated heterocycles. The maximum absolute atomic E-state index is 13.1. The Labute approximate surface area is 161 Å². The average molecular weight is 392 g/mol. The zero-order chi connectivity index (χ0) is 18.1. The van der Waals surface area contributed by atoms with Crippen LogP contribution in [0.15, 0.2) is 9.95 Å². The van der Waals surface area contributed by atoms with E-state index >= 15 is 0 Å². The fraction of sp³-hybridized carbons (Fsp3) is 0.632. The van der Waals surface area contributed by atoms with Crippen molar-refractivity contribution in [1.82, 2.24) is 14.9 Å². The number of amides is 1.